The lowest BCUT2D eigenvalue weighted by Gasteiger charge is -2.51. The molecule has 3 atom stereocenters. The molecule has 0 amide bonds. The maximum atomic E-state index is 6.36. The zero-order chi connectivity index (χ0) is 14.9. The van der Waals surface area contributed by atoms with Crippen LogP contribution in [0.5, 0.6) is 0 Å². The largest absolute Gasteiger partial charge is 0.328 e. The van der Waals surface area contributed by atoms with Gasteiger partial charge in [-0.2, -0.15) is 0 Å². The number of hydrogen-bond donors (Lipinski definition) is 1. The van der Waals surface area contributed by atoms with Crippen molar-refractivity contribution in [2.45, 2.75) is 63.5 Å². The third kappa shape index (κ3) is 2.53. The van der Waals surface area contributed by atoms with Crippen molar-refractivity contribution in [1.29, 1.82) is 0 Å². The number of nitrogens with two attached hydrogens (primary N) is 1. The van der Waals surface area contributed by atoms with Crippen LogP contribution in [0.1, 0.15) is 56.6 Å². The average Bonchev–Trinajstić information content (AvgIpc) is 2.54. The highest BCUT2D eigenvalue weighted by Crippen LogP contribution is 2.42. The maximum Gasteiger partial charge on any atom is 0.0586 e. The van der Waals surface area contributed by atoms with Gasteiger partial charge < -0.3 is 5.73 Å². The molecule has 21 heavy (non-hydrogen) atoms. The van der Waals surface area contributed by atoms with Crippen LogP contribution in [-0.2, 0) is 12.0 Å². The summed E-state index contributed by atoms with van der Waals surface area (Å²) in [6, 6.07) is 9.68. The molecule has 0 aliphatic heterocycles. The zero-order valence-electron chi connectivity index (χ0n) is 13.6. The standard InChI is InChI=1S/C19H30N2/c1-15-8-3-6-12-18(15)21(2)19(14-20)13-7-10-16-9-4-5-11-17(16)19/h4-5,9,11,15,18H,3,6-8,10,12-14,20H2,1-2H3. The fourth-order valence-corrected chi connectivity index (χ4v) is 4.81. The Morgan fingerprint density at radius 1 is 1.19 bits per heavy atom. The first-order chi connectivity index (χ1) is 10.2. The first-order valence-corrected chi connectivity index (χ1v) is 8.70. The summed E-state index contributed by atoms with van der Waals surface area (Å²) in [6.45, 7) is 3.17. The Morgan fingerprint density at radius 3 is 2.71 bits per heavy atom. The Hall–Kier alpha value is -0.860. The molecule has 2 N–H and O–H groups in total. The van der Waals surface area contributed by atoms with Crippen LogP contribution >= 0.6 is 0 Å². The summed E-state index contributed by atoms with van der Waals surface area (Å²) < 4.78 is 0. The lowest BCUT2D eigenvalue weighted by Crippen LogP contribution is -2.57. The highest BCUT2D eigenvalue weighted by Gasteiger charge is 2.43. The van der Waals surface area contributed by atoms with Gasteiger partial charge in [-0.15, -0.1) is 0 Å². The van der Waals surface area contributed by atoms with E-state index in [-0.39, 0.29) is 5.54 Å². The van der Waals surface area contributed by atoms with E-state index in [4.69, 9.17) is 5.73 Å². The third-order valence-electron chi connectivity index (χ3n) is 6.13. The molecular weight excluding hydrogens is 256 g/mol. The van der Waals surface area contributed by atoms with Crippen molar-refractivity contribution in [2.24, 2.45) is 11.7 Å². The molecular formula is C19H30N2. The average molecular weight is 286 g/mol. The number of aryl methyl sites for hydroxylation is 1. The summed E-state index contributed by atoms with van der Waals surface area (Å²) in [5, 5.41) is 0. The number of benzene rings is 1. The molecule has 1 aromatic carbocycles. The van der Waals surface area contributed by atoms with Gasteiger partial charge in [-0.1, -0.05) is 44.0 Å². The molecule has 2 aliphatic carbocycles. The lowest BCUT2D eigenvalue weighted by molar-refractivity contribution is 0.0172. The summed E-state index contributed by atoms with van der Waals surface area (Å²) in [5.41, 5.74) is 9.44. The summed E-state index contributed by atoms with van der Waals surface area (Å²) in [6.07, 6.45) is 9.17. The highest BCUT2D eigenvalue weighted by atomic mass is 15.2. The van der Waals surface area contributed by atoms with Crippen molar-refractivity contribution in [1.82, 2.24) is 4.90 Å². The number of nitrogens with zero attached hydrogens (tertiary/aromatic N) is 1. The van der Waals surface area contributed by atoms with Gasteiger partial charge in [-0.05, 0) is 56.2 Å². The van der Waals surface area contributed by atoms with Crippen molar-refractivity contribution in [3.8, 4) is 0 Å². The van der Waals surface area contributed by atoms with Crippen molar-refractivity contribution in [3.05, 3.63) is 35.4 Å². The molecule has 0 radical (unpaired) electrons. The van der Waals surface area contributed by atoms with Gasteiger partial charge in [-0.25, -0.2) is 0 Å². The van der Waals surface area contributed by atoms with Crippen LogP contribution < -0.4 is 5.73 Å². The second kappa shape index (κ2) is 6.10. The molecule has 0 spiro atoms. The first-order valence-electron chi connectivity index (χ1n) is 8.70. The Morgan fingerprint density at radius 2 is 1.95 bits per heavy atom. The van der Waals surface area contributed by atoms with Crippen LogP contribution in [0.3, 0.4) is 0 Å². The van der Waals surface area contributed by atoms with E-state index in [1.165, 1.54) is 56.1 Å². The second-order valence-corrected chi connectivity index (χ2v) is 7.19. The van der Waals surface area contributed by atoms with E-state index >= 15 is 0 Å². The van der Waals surface area contributed by atoms with Crippen LogP contribution in [0.25, 0.3) is 0 Å². The van der Waals surface area contributed by atoms with Gasteiger partial charge in [0, 0.05) is 12.6 Å². The summed E-state index contributed by atoms with van der Waals surface area (Å²) >= 11 is 0. The van der Waals surface area contributed by atoms with E-state index in [1.54, 1.807) is 0 Å². The minimum Gasteiger partial charge on any atom is -0.328 e. The number of fused-ring (bicyclic) bond motifs is 1. The van der Waals surface area contributed by atoms with Gasteiger partial charge in [-0.3, -0.25) is 4.90 Å². The molecule has 116 valence electrons. The summed E-state index contributed by atoms with van der Waals surface area (Å²) in [7, 11) is 2.33. The minimum absolute atomic E-state index is 0.0606. The fourth-order valence-electron chi connectivity index (χ4n) is 4.81. The predicted octanol–water partition coefficient (Wildman–Crippen LogP) is 3.69. The van der Waals surface area contributed by atoms with E-state index in [2.05, 4.69) is 43.1 Å². The predicted molar refractivity (Wildman–Crippen MR) is 89.3 cm³/mol. The molecule has 3 unspecified atom stereocenters. The van der Waals surface area contributed by atoms with E-state index in [0.717, 1.165) is 12.5 Å². The zero-order valence-corrected chi connectivity index (χ0v) is 13.6. The quantitative estimate of drug-likeness (QED) is 0.918. The SMILES string of the molecule is CC1CCCCC1N(C)C1(CN)CCCc2ccccc21. The van der Waals surface area contributed by atoms with Crippen molar-refractivity contribution >= 4 is 0 Å². The van der Waals surface area contributed by atoms with Gasteiger partial charge in [0.05, 0.1) is 5.54 Å². The van der Waals surface area contributed by atoms with Gasteiger partial charge in [0.25, 0.3) is 0 Å². The molecule has 3 rings (SSSR count). The molecule has 2 heteroatoms. The van der Waals surface area contributed by atoms with Crippen LogP contribution in [0.15, 0.2) is 24.3 Å². The molecule has 1 aromatic rings. The number of hydrogen-bond acceptors (Lipinski definition) is 2. The molecule has 0 saturated heterocycles. The van der Waals surface area contributed by atoms with E-state index in [9.17, 15) is 0 Å². The summed E-state index contributed by atoms with van der Waals surface area (Å²) in [4.78, 5) is 2.66. The molecule has 2 nitrogen and oxygen atoms in total. The van der Waals surface area contributed by atoms with Gasteiger partial charge in [0.1, 0.15) is 0 Å². The van der Waals surface area contributed by atoms with E-state index in [1.807, 2.05) is 0 Å². The van der Waals surface area contributed by atoms with Crippen LogP contribution in [0, 0.1) is 5.92 Å². The van der Waals surface area contributed by atoms with Crippen molar-refractivity contribution in [2.75, 3.05) is 13.6 Å². The molecule has 2 aliphatic rings. The lowest BCUT2D eigenvalue weighted by atomic mass is 9.73. The summed E-state index contributed by atoms with van der Waals surface area (Å²) in [5.74, 6) is 0.793. The Kier molecular flexibility index (Phi) is 4.37. The highest BCUT2D eigenvalue weighted by molar-refractivity contribution is 5.37. The molecule has 0 aromatic heterocycles. The molecule has 0 heterocycles. The van der Waals surface area contributed by atoms with Gasteiger partial charge >= 0.3 is 0 Å². The molecule has 0 bridgehead atoms. The van der Waals surface area contributed by atoms with Crippen LogP contribution in [0.4, 0.5) is 0 Å². The van der Waals surface area contributed by atoms with Crippen LogP contribution in [-0.4, -0.2) is 24.5 Å². The van der Waals surface area contributed by atoms with Crippen LogP contribution in [0.2, 0.25) is 0 Å². The minimum atomic E-state index is 0.0606. The first kappa shape index (κ1) is 15.1. The smallest absolute Gasteiger partial charge is 0.0586 e. The van der Waals surface area contributed by atoms with E-state index in [0.29, 0.717) is 6.04 Å². The molecule has 1 fully saturated rings. The monoisotopic (exact) mass is 286 g/mol. The number of rotatable bonds is 3. The topological polar surface area (TPSA) is 29.3 Å². The van der Waals surface area contributed by atoms with Crippen molar-refractivity contribution < 1.29 is 0 Å². The third-order valence-corrected chi connectivity index (χ3v) is 6.13. The Labute approximate surface area is 129 Å². The fraction of sp³-hybridized carbons (Fsp3) is 0.684. The Balaban J connectivity index is 1.97. The van der Waals surface area contributed by atoms with Crippen molar-refractivity contribution in [3.63, 3.8) is 0 Å². The van der Waals surface area contributed by atoms with E-state index < -0.39 is 0 Å². The normalized spacial score (nSPS) is 33.0. The second-order valence-electron chi connectivity index (χ2n) is 7.19. The Bertz CT molecular complexity index is 484. The maximum absolute atomic E-state index is 6.36. The number of likely N-dealkylation sites (N-methyl/N-ethyl adjacent to an activating group) is 1. The van der Waals surface area contributed by atoms with Gasteiger partial charge in [0.2, 0.25) is 0 Å². The van der Waals surface area contributed by atoms with Gasteiger partial charge in [0.15, 0.2) is 0 Å². The molecule has 1 saturated carbocycles.